The molecule has 3 amide bonds. The highest BCUT2D eigenvalue weighted by Crippen LogP contribution is 2.10. The molecule has 1 unspecified atom stereocenters. The first-order valence-corrected chi connectivity index (χ1v) is 8.18. The molecule has 0 saturated carbocycles. The SMILES string of the molecule is O=C(CNC(=O)C(Cc1ccccc1)NC(=O)c1ccc(Cl)cc1)NO. The van der Waals surface area contributed by atoms with Crippen LogP contribution in [0.25, 0.3) is 0 Å². The van der Waals surface area contributed by atoms with Crippen LogP contribution in [0, 0.1) is 0 Å². The summed E-state index contributed by atoms with van der Waals surface area (Å²) in [5.41, 5.74) is 2.63. The molecule has 0 saturated heterocycles. The van der Waals surface area contributed by atoms with Gasteiger partial charge in [0.15, 0.2) is 0 Å². The van der Waals surface area contributed by atoms with E-state index in [-0.39, 0.29) is 6.42 Å². The molecule has 0 heterocycles. The third-order valence-electron chi connectivity index (χ3n) is 3.56. The Hall–Kier alpha value is -2.90. The number of benzene rings is 2. The molecule has 0 aliphatic carbocycles. The van der Waals surface area contributed by atoms with Crippen molar-refractivity contribution in [1.82, 2.24) is 16.1 Å². The largest absolute Gasteiger partial charge is 0.345 e. The number of carbonyl (C=O) groups excluding carboxylic acids is 3. The van der Waals surface area contributed by atoms with Crippen LogP contribution in [-0.2, 0) is 16.0 Å². The quantitative estimate of drug-likeness (QED) is 0.432. The Bertz CT molecular complexity index is 766. The van der Waals surface area contributed by atoms with E-state index in [2.05, 4.69) is 10.6 Å². The van der Waals surface area contributed by atoms with Gasteiger partial charge in [0.2, 0.25) is 5.91 Å². The molecule has 0 aliphatic heterocycles. The molecule has 136 valence electrons. The smallest absolute Gasteiger partial charge is 0.262 e. The molecule has 7 nitrogen and oxygen atoms in total. The highest BCUT2D eigenvalue weighted by Gasteiger charge is 2.22. The Labute approximate surface area is 155 Å². The van der Waals surface area contributed by atoms with Gasteiger partial charge in [0.25, 0.3) is 11.8 Å². The van der Waals surface area contributed by atoms with E-state index in [4.69, 9.17) is 16.8 Å². The van der Waals surface area contributed by atoms with Crippen molar-refractivity contribution in [2.75, 3.05) is 6.54 Å². The average Bonchev–Trinajstić information content (AvgIpc) is 2.66. The molecule has 0 bridgehead atoms. The Kier molecular flexibility index (Phi) is 7.13. The van der Waals surface area contributed by atoms with E-state index in [9.17, 15) is 14.4 Å². The van der Waals surface area contributed by atoms with Crippen molar-refractivity contribution in [1.29, 1.82) is 0 Å². The molecule has 0 radical (unpaired) electrons. The summed E-state index contributed by atoms with van der Waals surface area (Å²) < 4.78 is 0. The number of nitrogens with one attached hydrogen (secondary N) is 3. The van der Waals surface area contributed by atoms with Crippen LogP contribution < -0.4 is 16.1 Å². The molecule has 0 fully saturated rings. The van der Waals surface area contributed by atoms with Crippen LogP contribution in [0.2, 0.25) is 5.02 Å². The van der Waals surface area contributed by atoms with Gasteiger partial charge in [-0.1, -0.05) is 41.9 Å². The minimum Gasteiger partial charge on any atom is -0.345 e. The first-order valence-electron chi connectivity index (χ1n) is 7.80. The molecule has 2 aromatic carbocycles. The monoisotopic (exact) mass is 375 g/mol. The lowest BCUT2D eigenvalue weighted by atomic mass is 10.0. The number of hydrogen-bond donors (Lipinski definition) is 4. The number of hydrogen-bond acceptors (Lipinski definition) is 4. The van der Waals surface area contributed by atoms with Crippen LogP contribution in [0.1, 0.15) is 15.9 Å². The normalized spacial score (nSPS) is 11.3. The maximum atomic E-state index is 12.4. The average molecular weight is 376 g/mol. The molecule has 0 aromatic heterocycles. The van der Waals surface area contributed by atoms with Gasteiger partial charge >= 0.3 is 0 Å². The lowest BCUT2D eigenvalue weighted by Crippen LogP contribution is -2.49. The maximum absolute atomic E-state index is 12.4. The molecule has 1 atom stereocenters. The second kappa shape index (κ2) is 9.55. The van der Waals surface area contributed by atoms with Crippen molar-refractivity contribution in [3.8, 4) is 0 Å². The van der Waals surface area contributed by atoms with E-state index in [1.807, 2.05) is 30.3 Å². The minimum absolute atomic E-state index is 0.243. The van der Waals surface area contributed by atoms with Gasteiger partial charge in [-0.05, 0) is 29.8 Å². The van der Waals surface area contributed by atoms with E-state index in [0.717, 1.165) is 5.56 Å². The summed E-state index contributed by atoms with van der Waals surface area (Å²) in [6.07, 6.45) is 0.243. The van der Waals surface area contributed by atoms with Gasteiger partial charge in [-0.3, -0.25) is 19.6 Å². The number of amides is 3. The first-order chi connectivity index (χ1) is 12.5. The summed E-state index contributed by atoms with van der Waals surface area (Å²) in [4.78, 5) is 35.9. The zero-order chi connectivity index (χ0) is 18.9. The van der Waals surface area contributed by atoms with Gasteiger partial charge in [0.05, 0.1) is 6.54 Å². The Morgan fingerprint density at radius 2 is 1.65 bits per heavy atom. The fourth-order valence-corrected chi connectivity index (χ4v) is 2.36. The number of halogens is 1. The van der Waals surface area contributed by atoms with Crippen LogP contribution in [0.15, 0.2) is 54.6 Å². The van der Waals surface area contributed by atoms with Crippen molar-refractivity contribution in [3.63, 3.8) is 0 Å². The summed E-state index contributed by atoms with van der Waals surface area (Å²) in [6, 6.07) is 14.5. The van der Waals surface area contributed by atoms with Gasteiger partial charge in [-0.2, -0.15) is 0 Å². The maximum Gasteiger partial charge on any atom is 0.262 e. The molecular formula is C18H18ClN3O4. The van der Waals surface area contributed by atoms with Crippen LogP contribution in [-0.4, -0.2) is 35.5 Å². The van der Waals surface area contributed by atoms with E-state index in [1.165, 1.54) is 5.48 Å². The van der Waals surface area contributed by atoms with E-state index in [0.29, 0.717) is 10.6 Å². The summed E-state index contributed by atoms with van der Waals surface area (Å²) in [5.74, 6) is -1.75. The number of carbonyl (C=O) groups is 3. The van der Waals surface area contributed by atoms with Crippen molar-refractivity contribution in [2.45, 2.75) is 12.5 Å². The highest BCUT2D eigenvalue weighted by atomic mass is 35.5. The van der Waals surface area contributed by atoms with Crippen LogP contribution in [0.3, 0.4) is 0 Å². The molecule has 2 rings (SSSR count). The summed E-state index contributed by atoms with van der Waals surface area (Å²) in [6.45, 7) is -0.405. The van der Waals surface area contributed by atoms with Crippen molar-refractivity contribution in [2.24, 2.45) is 0 Å². The summed E-state index contributed by atoms with van der Waals surface area (Å²) in [7, 11) is 0. The second-order valence-corrected chi connectivity index (χ2v) is 5.91. The third-order valence-corrected chi connectivity index (χ3v) is 3.81. The molecule has 8 heteroatoms. The predicted molar refractivity (Wildman–Crippen MR) is 95.8 cm³/mol. The fourth-order valence-electron chi connectivity index (χ4n) is 2.23. The van der Waals surface area contributed by atoms with Gasteiger partial charge < -0.3 is 10.6 Å². The molecular weight excluding hydrogens is 358 g/mol. The molecule has 2 aromatic rings. The predicted octanol–water partition coefficient (Wildman–Crippen LogP) is 1.30. The third kappa shape index (κ3) is 5.87. The molecule has 4 N–H and O–H groups in total. The molecule has 0 spiro atoms. The van der Waals surface area contributed by atoms with Gasteiger partial charge in [0.1, 0.15) is 6.04 Å². The second-order valence-electron chi connectivity index (χ2n) is 5.48. The zero-order valence-electron chi connectivity index (χ0n) is 13.7. The standard InChI is InChI=1S/C18H18ClN3O4/c19-14-8-6-13(7-9-14)17(24)21-15(10-12-4-2-1-3-5-12)18(25)20-11-16(23)22-26/h1-9,15,26H,10-11H2,(H,20,25)(H,21,24)(H,22,23). The first kappa shape index (κ1) is 19.4. The van der Waals surface area contributed by atoms with Gasteiger partial charge in [-0.15, -0.1) is 0 Å². The number of rotatable bonds is 7. The topological polar surface area (TPSA) is 108 Å². The Balaban J connectivity index is 2.11. The van der Waals surface area contributed by atoms with Crippen molar-refractivity contribution < 1.29 is 19.6 Å². The van der Waals surface area contributed by atoms with Crippen LogP contribution >= 0.6 is 11.6 Å². The van der Waals surface area contributed by atoms with Crippen LogP contribution in [0.4, 0.5) is 0 Å². The lowest BCUT2D eigenvalue weighted by molar-refractivity contribution is -0.131. The molecule has 26 heavy (non-hydrogen) atoms. The van der Waals surface area contributed by atoms with Crippen LogP contribution in [0.5, 0.6) is 0 Å². The Morgan fingerprint density at radius 1 is 1.00 bits per heavy atom. The lowest BCUT2D eigenvalue weighted by Gasteiger charge is -2.18. The fraction of sp³-hybridized carbons (Fsp3) is 0.167. The van der Waals surface area contributed by atoms with Gasteiger partial charge in [-0.25, -0.2) is 5.48 Å². The van der Waals surface area contributed by atoms with E-state index in [1.54, 1.807) is 24.3 Å². The zero-order valence-corrected chi connectivity index (χ0v) is 14.5. The van der Waals surface area contributed by atoms with Crippen molar-refractivity contribution in [3.05, 3.63) is 70.7 Å². The van der Waals surface area contributed by atoms with Crippen molar-refractivity contribution >= 4 is 29.3 Å². The number of hydroxylamine groups is 1. The molecule has 0 aliphatic rings. The van der Waals surface area contributed by atoms with E-state index < -0.39 is 30.3 Å². The summed E-state index contributed by atoms with van der Waals surface area (Å²) in [5, 5.41) is 14.0. The summed E-state index contributed by atoms with van der Waals surface area (Å²) >= 11 is 5.81. The Morgan fingerprint density at radius 3 is 2.27 bits per heavy atom. The van der Waals surface area contributed by atoms with E-state index >= 15 is 0 Å². The highest BCUT2D eigenvalue weighted by molar-refractivity contribution is 6.30. The minimum atomic E-state index is -0.896. The van der Waals surface area contributed by atoms with Gasteiger partial charge in [0, 0.05) is 17.0 Å².